The fourth-order valence-electron chi connectivity index (χ4n) is 4.14. The van der Waals surface area contributed by atoms with Crippen LogP contribution in [0, 0.1) is 0 Å². The van der Waals surface area contributed by atoms with E-state index in [2.05, 4.69) is 10.6 Å². The Balaban J connectivity index is 0.000000333. The maximum absolute atomic E-state index is 12.9. The third-order valence-corrected chi connectivity index (χ3v) is 5.93. The van der Waals surface area contributed by atoms with Crippen molar-refractivity contribution in [2.24, 2.45) is 0 Å². The number of halogens is 1. The van der Waals surface area contributed by atoms with Gasteiger partial charge in [-0.15, -0.1) is 12.4 Å². The Bertz CT molecular complexity index is 1110. The minimum Gasteiger partial charge on any atom is -0.480 e. The van der Waals surface area contributed by atoms with Gasteiger partial charge in [0.05, 0.1) is 6.04 Å². The molecule has 0 saturated heterocycles. The lowest BCUT2D eigenvalue weighted by Crippen LogP contribution is -2.52. The van der Waals surface area contributed by atoms with Crippen molar-refractivity contribution < 1.29 is 34.1 Å². The highest BCUT2D eigenvalue weighted by Crippen LogP contribution is 2.27. The van der Waals surface area contributed by atoms with E-state index in [-0.39, 0.29) is 18.5 Å². The molecule has 2 aliphatic rings. The fraction of sp³-hybridized carbons (Fsp3) is 0.385. The molecule has 4 N–H and O–H groups in total. The number of carbonyl (C=O) groups excluding carboxylic acids is 2. The highest BCUT2D eigenvalue weighted by atomic mass is 35.5. The van der Waals surface area contributed by atoms with Crippen LogP contribution in [0.15, 0.2) is 48.5 Å². The zero-order valence-corrected chi connectivity index (χ0v) is 21.3. The van der Waals surface area contributed by atoms with Crippen molar-refractivity contribution in [1.29, 1.82) is 0 Å². The molecule has 200 valence electrons. The number of hydrogen-bond donors (Lipinski definition) is 4. The van der Waals surface area contributed by atoms with Crippen LogP contribution >= 0.6 is 12.4 Å². The van der Waals surface area contributed by atoms with E-state index < -0.39 is 36.5 Å². The number of rotatable bonds is 8. The Morgan fingerprint density at radius 3 is 2.62 bits per heavy atom. The van der Waals surface area contributed by atoms with Gasteiger partial charge in [0.2, 0.25) is 5.91 Å². The third-order valence-electron chi connectivity index (χ3n) is 5.93. The van der Waals surface area contributed by atoms with E-state index in [9.17, 15) is 24.3 Å². The maximum atomic E-state index is 12.9. The van der Waals surface area contributed by atoms with Gasteiger partial charge in [0.25, 0.3) is 0 Å². The molecule has 0 aromatic heterocycles. The van der Waals surface area contributed by atoms with E-state index in [1.165, 1.54) is 4.90 Å². The van der Waals surface area contributed by atoms with E-state index in [1.807, 2.05) is 43.3 Å². The number of unbranched alkanes of at least 4 members (excludes halogenated alkanes) is 1. The van der Waals surface area contributed by atoms with Crippen LogP contribution < -0.4 is 15.5 Å². The molecule has 37 heavy (non-hydrogen) atoms. The van der Waals surface area contributed by atoms with Crippen molar-refractivity contribution in [3.63, 3.8) is 0 Å². The normalized spacial score (nSPS) is 16.8. The first-order valence-electron chi connectivity index (χ1n) is 11.9. The van der Waals surface area contributed by atoms with E-state index in [4.69, 9.17) is 9.84 Å². The van der Waals surface area contributed by atoms with Crippen molar-refractivity contribution in [3.05, 3.63) is 59.7 Å². The highest BCUT2D eigenvalue weighted by Gasteiger charge is 2.33. The van der Waals surface area contributed by atoms with Gasteiger partial charge in [-0.3, -0.25) is 29.9 Å². The number of para-hydroxylation sites is 1. The zero-order chi connectivity index (χ0) is 26.1. The first-order valence-corrected chi connectivity index (χ1v) is 11.9. The molecular formula is C26H32ClN3O7. The molecule has 2 aromatic rings. The molecule has 2 aliphatic heterocycles. The van der Waals surface area contributed by atoms with Crippen LogP contribution in [-0.2, 0) is 32.1 Å². The Kier molecular flexibility index (Phi) is 11.4. The lowest BCUT2D eigenvalue weighted by atomic mass is 10.0. The number of nitrogens with zero attached hydrogens (tertiary/aromatic N) is 1. The summed E-state index contributed by atoms with van der Waals surface area (Å²) in [6.45, 7) is 1.89. The molecule has 0 saturated carbocycles. The largest absolute Gasteiger partial charge is 0.480 e. The number of fused-ring (bicyclic) bond motifs is 3. The zero-order valence-electron chi connectivity index (χ0n) is 20.5. The van der Waals surface area contributed by atoms with Crippen molar-refractivity contribution in [2.75, 3.05) is 16.8 Å². The van der Waals surface area contributed by atoms with E-state index in [0.29, 0.717) is 31.6 Å². The van der Waals surface area contributed by atoms with E-state index in [1.54, 1.807) is 12.1 Å². The molecule has 11 heteroatoms. The second-order valence-corrected chi connectivity index (χ2v) is 8.64. The lowest BCUT2D eigenvalue weighted by molar-refractivity contribution is -0.140. The molecule has 4 rings (SSSR count). The summed E-state index contributed by atoms with van der Waals surface area (Å²) in [6, 6.07) is 13.2. The fourth-order valence-corrected chi connectivity index (χ4v) is 4.14. The monoisotopic (exact) mass is 533 g/mol. The van der Waals surface area contributed by atoms with Crippen molar-refractivity contribution >= 4 is 47.7 Å². The number of aliphatic carboxylic acids is 2. The number of benzene rings is 2. The molecule has 2 unspecified atom stereocenters. The lowest BCUT2D eigenvalue weighted by Gasteiger charge is -2.26. The first kappa shape index (κ1) is 29.6. The van der Waals surface area contributed by atoms with Crippen LogP contribution in [0.1, 0.15) is 43.7 Å². The summed E-state index contributed by atoms with van der Waals surface area (Å²) in [7, 11) is 0. The van der Waals surface area contributed by atoms with Gasteiger partial charge in [-0.25, -0.2) is 4.79 Å². The van der Waals surface area contributed by atoms with Gasteiger partial charge in [-0.05, 0) is 48.6 Å². The van der Waals surface area contributed by atoms with Crippen LogP contribution in [0.5, 0.6) is 0 Å². The minimum absolute atomic E-state index is 0. The van der Waals surface area contributed by atoms with Gasteiger partial charge >= 0.3 is 18.0 Å². The maximum Gasteiger partial charge on any atom is 0.411 e. The summed E-state index contributed by atoms with van der Waals surface area (Å²) in [4.78, 5) is 47.6. The van der Waals surface area contributed by atoms with Crippen LogP contribution in [-0.4, -0.2) is 52.8 Å². The molecule has 0 spiro atoms. The van der Waals surface area contributed by atoms with Crippen LogP contribution in [0.3, 0.4) is 0 Å². The van der Waals surface area contributed by atoms with Crippen molar-refractivity contribution in [1.82, 2.24) is 5.32 Å². The first-order chi connectivity index (χ1) is 17.3. The number of aryl methyl sites for hydroxylation is 1. The number of amides is 2. The van der Waals surface area contributed by atoms with Crippen LogP contribution in [0.2, 0.25) is 0 Å². The van der Waals surface area contributed by atoms with Crippen LogP contribution in [0.25, 0.3) is 0 Å². The highest BCUT2D eigenvalue weighted by molar-refractivity contribution is 6.02. The van der Waals surface area contributed by atoms with Gasteiger partial charge in [0.15, 0.2) is 0 Å². The summed E-state index contributed by atoms with van der Waals surface area (Å²) in [5, 5.41) is 24.1. The Hall–Kier alpha value is -3.63. The Morgan fingerprint density at radius 2 is 1.92 bits per heavy atom. The predicted molar refractivity (Wildman–Crippen MR) is 140 cm³/mol. The number of cyclic esters (lactones) is 1. The van der Waals surface area contributed by atoms with Gasteiger partial charge in [0.1, 0.15) is 19.2 Å². The van der Waals surface area contributed by atoms with Gasteiger partial charge in [-0.1, -0.05) is 50.1 Å². The predicted octanol–water partition coefficient (Wildman–Crippen LogP) is 3.82. The molecule has 2 aromatic carbocycles. The summed E-state index contributed by atoms with van der Waals surface area (Å²) in [5.74, 6) is -2.49. The summed E-state index contributed by atoms with van der Waals surface area (Å²) < 4.78 is 4.81. The number of anilines is 2. The quantitative estimate of drug-likeness (QED) is 0.400. The van der Waals surface area contributed by atoms with Crippen LogP contribution in [0.4, 0.5) is 16.2 Å². The van der Waals surface area contributed by atoms with Gasteiger partial charge in [0, 0.05) is 11.4 Å². The average molecular weight is 534 g/mol. The molecule has 2 bridgehead atoms. The second-order valence-electron chi connectivity index (χ2n) is 8.64. The number of hydrogen-bond acceptors (Lipinski definition) is 6. The number of carboxylic acid groups (broad SMARTS) is 2. The number of carboxylic acids is 2. The summed E-state index contributed by atoms with van der Waals surface area (Å²) in [6.07, 6.45) is 2.66. The Labute approximate surface area is 221 Å². The Morgan fingerprint density at radius 1 is 1.16 bits per heavy atom. The van der Waals surface area contributed by atoms with Gasteiger partial charge in [-0.2, -0.15) is 0 Å². The molecular weight excluding hydrogens is 502 g/mol. The topological polar surface area (TPSA) is 145 Å². The third kappa shape index (κ3) is 8.47. The SMILES string of the molecule is CCCCC(NC1CCc2ccccc2N(CC(=O)O)C1=O)C(=O)O.Cl.O=C1Nc2cccc(c2)CO1. The number of nitrogens with one attached hydrogen (secondary N) is 2. The summed E-state index contributed by atoms with van der Waals surface area (Å²) in [5.41, 5.74) is 3.28. The molecule has 2 atom stereocenters. The minimum atomic E-state index is -1.11. The average Bonchev–Trinajstić information content (AvgIpc) is 3.06. The van der Waals surface area contributed by atoms with Gasteiger partial charge < -0.3 is 14.9 Å². The molecule has 10 nitrogen and oxygen atoms in total. The van der Waals surface area contributed by atoms with Crippen molar-refractivity contribution in [2.45, 2.75) is 57.7 Å². The number of ether oxygens (including phenoxy) is 1. The molecule has 0 radical (unpaired) electrons. The molecule has 2 amide bonds. The van der Waals surface area contributed by atoms with E-state index >= 15 is 0 Å². The van der Waals surface area contributed by atoms with E-state index in [0.717, 1.165) is 29.7 Å². The summed E-state index contributed by atoms with van der Waals surface area (Å²) >= 11 is 0. The standard InChI is InChI=1S/C18H24N2O5.C8H7NO2.ClH/c1-2-3-7-14(18(24)25)19-13-10-9-12-6-4-5-8-15(12)20(17(13)23)11-16(21)22;10-8-9-7-3-1-2-6(4-7)5-11-8;/h4-6,8,13-14,19H,2-3,7,9-11H2,1H3,(H,21,22)(H,24,25);1-4H,5H2,(H,9,10);1H. The molecule has 2 heterocycles. The molecule has 0 aliphatic carbocycles. The number of carbonyl (C=O) groups is 4. The smallest absolute Gasteiger partial charge is 0.411 e. The molecule has 0 fully saturated rings. The second kappa shape index (κ2) is 14.2. The van der Waals surface area contributed by atoms with Crippen molar-refractivity contribution in [3.8, 4) is 0 Å².